The molecular weight excluding hydrogens is 376 g/mol. The summed E-state index contributed by atoms with van der Waals surface area (Å²) < 4.78 is 36.4. The summed E-state index contributed by atoms with van der Waals surface area (Å²) in [4.78, 5) is 0.226. The highest BCUT2D eigenvalue weighted by Crippen LogP contribution is 2.36. The molecule has 1 rings (SSSR count). The van der Waals surface area contributed by atoms with Crippen molar-refractivity contribution in [1.82, 2.24) is 0 Å². The maximum atomic E-state index is 12.4. The first-order chi connectivity index (χ1) is 12.4. The minimum atomic E-state index is -3.69. The predicted octanol–water partition coefficient (Wildman–Crippen LogP) is 5.92. The SMILES string of the molecule is CCC[C@H](CCCO[Si](C)(C)C(C)(C)C)COS(=O)(=O)c1ccc(C)cc1. The van der Waals surface area contributed by atoms with E-state index < -0.39 is 18.4 Å². The second-order valence-corrected chi connectivity index (χ2v) is 15.4. The smallest absolute Gasteiger partial charge is 0.296 e. The molecule has 0 aliphatic heterocycles. The molecule has 6 heteroatoms. The largest absolute Gasteiger partial charge is 0.417 e. The van der Waals surface area contributed by atoms with Crippen LogP contribution in [0.15, 0.2) is 29.2 Å². The van der Waals surface area contributed by atoms with E-state index in [0.717, 1.165) is 37.9 Å². The second-order valence-electron chi connectivity index (χ2n) is 8.96. The standard InChI is InChI=1S/C21H38O4SSi/c1-8-10-19(11-9-16-25-27(6,7)21(3,4)5)17-24-26(22,23)20-14-12-18(2)13-15-20/h12-15,19H,8-11,16-17H2,1-7H3/t19-/m1/s1. The molecule has 0 radical (unpaired) electrons. The number of hydrogen-bond donors (Lipinski definition) is 0. The molecule has 0 spiro atoms. The number of hydrogen-bond acceptors (Lipinski definition) is 4. The Morgan fingerprint density at radius 1 is 1.07 bits per heavy atom. The summed E-state index contributed by atoms with van der Waals surface area (Å²) in [5, 5.41) is 0.209. The average molecular weight is 415 g/mol. The van der Waals surface area contributed by atoms with E-state index >= 15 is 0 Å². The van der Waals surface area contributed by atoms with Crippen LogP contribution in [0.2, 0.25) is 18.1 Å². The Balaban J connectivity index is 2.53. The van der Waals surface area contributed by atoms with Crippen LogP contribution in [0.5, 0.6) is 0 Å². The lowest BCUT2D eigenvalue weighted by atomic mass is 9.99. The second kappa shape index (κ2) is 10.2. The van der Waals surface area contributed by atoms with Crippen molar-refractivity contribution in [2.24, 2.45) is 5.92 Å². The molecule has 156 valence electrons. The first-order valence-electron chi connectivity index (χ1n) is 9.99. The minimum absolute atomic E-state index is 0.209. The van der Waals surface area contributed by atoms with Crippen molar-refractivity contribution in [2.75, 3.05) is 13.2 Å². The molecule has 0 fully saturated rings. The monoisotopic (exact) mass is 414 g/mol. The molecule has 0 aliphatic rings. The molecular formula is C21H38O4SSi. The van der Waals surface area contributed by atoms with Gasteiger partial charge < -0.3 is 4.43 Å². The van der Waals surface area contributed by atoms with Gasteiger partial charge in [-0.1, -0.05) is 51.8 Å². The first-order valence-corrected chi connectivity index (χ1v) is 14.3. The van der Waals surface area contributed by atoms with Gasteiger partial charge in [-0.15, -0.1) is 0 Å². The summed E-state index contributed by atoms with van der Waals surface area (Å²) in [6, 6.07) is 6.79. The molecule has 0 bridgehead atoms. The zero-order chi connectivity index (χ0) is 20.7. The molecule has 0 aromatic heterocycles. The van der Waals surface area contributed by atoms with Crippen molar-refractivity contribution >= 4 is 18.4 Å². The van der Waals surface area contributed by atoms with Gasteiger partial charge in [0, 0.05) is 6.61 Å². The van der Waals surface area contributed by atoms with Gasteiger partial charge in [-0.25, -0.2) is 0 Å². The van der Waals surface area contributed by atoms with Crippen LogP contribution >= 0.6 is 0 Å². The van der Waals surface area contributed by atoms with E-state index in [1.54, 1.807) is 24.3 Å². The van der Waals surface area contributed by atoms with E-state index in [2.05, 4.69) is 40.8 Å². The highest BCUT2D eigenvalue weighted by molar-refractivity contribution is 7.86. The average Bonchev–Trinajstić information content (AvgIpc) is 2.55. The fourth-order valence-corrected chi connectivity index (χ4v) is 4.66. The van der Waals surface area contributed by atoms with Gasteiger partial charge in [0.05, 0.1) is 11.5 Å². The highest BCUT2D eigenvalue weighted by Gasteiger charge is 2.36. The molecule has 0 N–H and O–H groups in total. The highest BCUT2D eigenvalue weighted by atomic mass is 32.2. The van der Waals surface area contributed by atoms with Gasteiger partial charge in [-0.2, -0.15) is 8.42 Å². The summed E-state index contributed by atoms with van der Waals surface area (Å²) >= 11 is 0. The lowest BCUT2D eigenvalue weighted by Gasteiger charge is -2.36. The summed E-state index contributed by atoms with van der Waals surface area (Å²) in [7, 11) is -5.41. The fourth-order valence-electron chi connectivity index (χ4n) is 2.59. The van der Waals surface area contributed by atoms with Gasteiger partial charge in [0.2, 0.25) is 0 Å². The molecule has 1 aromatic rings. The molecule has 0 saturated carbocycles. The van der Waals surface area contributed by atoms with Gasteiger partial charge >= 0.3 is 0 Å². The molecule has 4 nitrogen and oxygen atoms in total. The minimum Gasteiger partial charge on any atom is -0.417 e. The first kappa shape index (κ1) is 24.3. The Labute approximate surface area is 167 Å². The van der Waals surface area contributed by atoms with E-state index in [0.29, 0.717) is 0 Å². The number of rotatable bonds is 11. The third-order valence-electron chi connectivity index (χ3n) is 5.49. The van der Waals surface area contributed by atoms with Crippen LogP contribution in [0, 0.1) is 12.8 Å². The molecule has 1 aromatic carbocycles. The van der Waals surface area contributed by atoms with Crippen LogP contribution in [0.4, 0.5) is 0 Å². The lowest BCUT2D eigenvalue weighted by molar-refractivity contribution is 0.214. The summed E-state index contributed by atoms with van der Waals surface area (Å²) in [6.07, 6.45) is 3.84. The Hall–Kier alpha value is -0.693. The number of benzene rings is 1. The predicted molar refractivity (Wildman–Crippen MR) is 115 cm³/mol. The Morgan fingerprint density at radius 3 is 2.19 bits per heavy atom. The summed E-state index contributed by atoms with van der Waals surface area (Å²) in [5.41, 5.74) is 1.03. The van der Waals surface area contributed by atoms with Crippen LogP contribution in [-0.2, 0) is 18.7 Å². The fraction of sp³-hybridized carbons (Fsp3) is 0.714. The van der Waals surface area contributed by atoms with Crippen LogP contribution in [0.1, 0.15) is 58.9 Å². The zero-order valence-corrected chi connectivity index (χ0v) is 20.0. The van der Waals surface area contributed by atoms with E-state index in [1.807, 2.05) is 6.92 Å². The number of aryl methyl sites for hydroxylation is 1. The molecule has 0 saturated heterocycles. The Morgan fingerprint density at radius 2 is 1.67 bits per heavy atom. The molecule has 0 amide bonds. The van der Waals surface area contributed by atoms with Gasteiger partial charge in [0.1, 0.15) is 0 Å². The van der Waals surface area contributed by atoms with Crippen LogP contribution in [0.3, 0.4) is 0 Å². The normalized spacial score (nSPS) is 14.3. The van der Waals surface area contributed by atoms with Gasteiger partial charge in [-0.05, 0) is 62.4 Å². The molecule has 27 heavy (non-hydrogen) atoms. The van der Waals surface area contributed by atoms with Crippen LogP contribution in [-0.4, -0.2) is 29.9 Å². The van der Waals surface area contributed by atoms with Crippen molar-refractivity contribution < 1.29 is 17.0 Å². The van der Waals surface area contributed by atoms with E-state index in [1.165, 1.54) is 0 Å². The maximum absolute atomic E-state index is 12.4. The van der Waals surface area contributed by atoms with Crippen molar-refractivity contribution in [3.63, 3.8) is 0 Å². The molecule has 0 unspecified atom stereocenters. The molecule has 0 heterocycles. The maximum Gasteiger partial charge on any atom is 0.296 e. The van der Waals surface area contributed by atoms with E-state index in [4.69, 9.17) is 8.61 Å². The molecule has 1 atom stereocenters. The Bertz CT molecular complexity index is 660. The summed E-state index contributed by atoms with van der Waals surface area (Å²) in [6.45, 7) is 16.3. The van der Waals surface area contributed by atoms with E-state index in [-0.39, 0.29) is 22.5 Å². The third kappa shape index (κ3) is 8.06. The van der Waals surface area contributed by atoms with Gasteiger partial charge in [-0.3, -0.25) is 4.18 Å². The van der Waals surface area contributed by atoms with Crippen LogP contribution < -0.4 is 0 Å². The van der Waals surface area contributed by atoms with Crippen LogP contribution in [0.25, 0.3) is 0 Å². The lowest BCUT2D eigenvalue weighted by Crippen LogP contribution is -2.41. The topological polar surface area (TPSA) is 52.6 Å². The molecule has 0 aliphatic carbocycles. The van der Waals surface area contributed by atoms with Crippen molar-refractivity contribution in [3.8, 4) is 0 Å². The van der Waals surface area contributed by atoms with Gasteiger partial charge in [0.25, 0.3) is 10.1 Å². The van der Waals surface area contributed by atoms with Crippen molar-refractivity contribution in [2.45, 2.75) is 83.3 Å². The zero-order valence-electron chi connectivity index (χ0n) is 18.2. The summed E-state index contributed by atoms with van der Waals surface area (Å²) in [5.74, 6) is 0.234. The van der Waals surface area contributed by atoms with E-state index in [9.17, 15) is 8.42 Å². The van der Waals surface area contributed by atoms with Gasteiger partial charge in [0.15, 0.2) is 8.32 Å². The third-order valence-corrected chi connectivity index (χ3v) is 11.3. The van der Waals surface area contributed by atoms with Crippen molar-refractivity contribution in [3.05, 3.63) is 29.8 Å². The van der Waals surface area contributed by atoms with Crippen molar-refractivity contribution in [1.29, 1.82) is 0 Å². The Kier molecular flexibility index (Phi) is 9.19. The quantitative estimate of drug-likeness (QED) is 0.256.